The average molecular weight is 335 g/mol. The van der Waals surface area contributed by atoms with Gasteiger partial charge in [0.1, 0.15) is 0 Å². The molecule has 1 aromatic carbocycles. The Hall–Kier alpha value is -1.59. The lowest BCUT2D eigenvalue weighted by Crippen LogP contribution is -1.87. The summed E-state index contributed by atoms with van der Waals surface area (Å²) < 4.78 is 6.45. The van der Waals surface area contributed by atoms with Crippen LogP contribution in [0, 0.1) is 6.92 Å². The third-order valence-electron chi connectivity index (χ3n) is 2.92. The van der Waals surface area contributed by atoms with Crippen molar-refractivity contribution in [1.29, 1.82) is 0 Å². The van der Waals surface area contributed by atoms with Gasteiger partial charge in [0.05, 0.1) is 5.56 Å². The fourth-order valence-electron chi connectivity index (χ4n) is 1.89. The quantitative estimate of drug-likeness (QED) is 0.737. The van der Waals surface area contributed by atoms with Gasteiger partial charge in [0.15, 0.2) is 11.6 Å². The number of nitrogens with two attached hydrogens (primary N) is 1. The number of rotatable bonds is 2. The smallest absolute Gasteiger partial charge is 0.177 e. The van der Waals surface area contributed by atoms with Crippen LogP contribution in [0.1, 0.15) is 5.56 Å². The van der Waals surface area contributed by atoms with Crippen LogP contribution in [-0.4, -0.2) is 5.16 Å². The Morgan fingerprint density at radius 2 is 2.16 bits per heavy atom. The van der Waals surface area contributed by atoms with Crippen molar-refractivity contribution in [3.63, 3.8) is 0 Å². The second-order valence-corrected chi connectivity index (χ2v) is 6.02. The summed E-state index contributed by atoms with van der Waals surface area (Å²) in [4.78, 5) is 1.06. The lowest BCUT2D eigenvalue weighted by Gasteiger charge is -2.03. The van der Waals surface area contributed by atoms with Crippen LogP contribution in [0.2, 0.25) is 0 Å². The fraction of sp³-hybridized carbons (Fsp3) is 0.0714. The van der Waals surface area contributed by atoms with E-state index in [1.165, 1.54) is 5.56 Å². The van der Waals surface area contributed by atoms with Gasteiger partial charge < -0.3 is 10.3 Å². The molecule has 0 bridgehead atoms. The number of hydrogen-bond acceptors (Lipinski definition) is 4. The van der Waals surface area contributed by atoms with Crippen molar-refractivity contribution in [2.45, 2.75) is 6.92 Å². The van der Waals surface area contributed by atoms with Crippen LogP contribution in [0.15, 0.2) is 44.7 Å². The predicted octanol–water partition coefficient (Wildman–Crippen LogP) is 4.72. The fourth-order valence-corrected chi connectivity index (χ4v) is 3.05. The highest BCUT2D eigenvalue weighted by Crippen LogP contribution is 2.39. The van der Waals surface area contributed by atoms with E-state index >= 15 is 0 Å². The van der Waals surface area contributed by atoms with Gasteiger partial charge in [-0.1, -0.05) is 39.3 Å². The highest BCUT2D eigenvalue weighted by molar-refractivity contribution is 9.10. The van der Waals surface area contributed by atoms with Gasteiger partial charge in [-0.3, -0.25) is 0 Å². The van der Waals surface area contributed by atoms with Crippen LogP contribution >= 0.6 is 27.3 Å². The van der Waals surface area contributed by atoms with E-state index < -0.39 is 0 Å². The number of halogens is 1. The molecule has 3 aromatic rings. The summed E-state index contributed by atoms with van der Waals surface area (Å²) in [5, 5.41) is 5.91. The molecule has 5 heteroatoms. The van der Waals surface area contributed by atoms with Gasteiger partial charge in [-0.05, 0) is 30.0 Å². The summed E-state index contributed by atoms with van der Waals surface area (Å²) in [5.74, 6) is 1.13. The first-order valence-corrected chi connectivity index (χ1v) is 7.39. The monoisotopic (exact) mass is 334 g/mol. The predicted molar refractivity (Wildman–Crippen MR) is 82.1 cm³/mol. The number of nitrogens with zero attached hydrogens (tertiary/aromatic N) is 1. The Labute approximate surface area is 123 Å². The van der Waals surface area contributed by atoms with E-state index in [2.05, 4.69) is 21.1 Å². The number of nitrogen functional groups attached to an aromatic ring is 1. The minimum absolute atomic E-state index is 0.425. The van der Waals surface area contributed by atoms with Gasteiger partial charge in [-0.15, -0.1) is 11.3 Å². The zero-order chi connectivity index (χ0) is 13.4. The van der Waals surface area contributed by atoms with E-state index in [-0.39, 0.29) is 0 Å². The molecule has 0 aliphatic carbocycles. The van der Waals surface area contributed by atoms with Gasteiger partial charge in [0.2, 0.25) is 0 Å². The zero-order valence-corrected chi connectivity index (χ0v) is 12.6. The van der Waals surface area contributed by atoms with Crippen LogP contribution in [-0.2, 0) is 0 Å². The molecule has 0 aliphatic rings. The van der Waals surface area contributed by atoms with Crippen molar-refractivity contribution in [2.75, 3.05) is 5.73 Å². The normalized spacial score (nSPS) is 10.8. The second kappa shape index (κ2) is 4.83. The molecule has 2 heterocycles. The molecule has 0 saturated carbocycles. The Bertz CT molecular complexity index is 719. The number of anilines is 1. The third-order valence-corrected chi connectivity index (χ3v) is 4.66. The van der Waals surface area contributed by atoms with Crippen LogP contribution in [0.4, 0.5) is 5.82 Å². The topological polar surface area (TPSA) is 52.0 Å². The Kier molecular flexibility index (Phi) is 3.16. The van der Waals surface area contributed by atoms with Gasteiger partial charge in [-0.25, -0.2) is 0 Å². The zero-order valence-electron chi connectivity index (χ0n) is 10.2. The molecule has 96 valence electrons. The first kappa shape index (κ1) is 12.4. The molecule has 0 unspecified atom stereocenters. The molecular weight excluding hydrogens is 324 g/mol. The molecule has 0 aliphatic heterocycles. The van der Waals surface area contributed by atoms with Crippen molar-refractivity contribution < 1.29 is 4.52 Å². The molecule has 0 amide bonds. The number of aryl methyl sites for hydroxylation is 1. The lowest BCUT2D eigenvalue weighted by molar-refractivity contribution is 0.436. The first-order valence-electron chi connectivity index (χ1n) is 5.72. The molecule has 19 heavy (non-hydrogen) atoms. The van der Waals surface area contributed by atoms with Crippen LogP contribution < -0.4 is 5.73 Å². The molecule has 0 atom stereocenters. The molecule has 3 nitrogen and oxygen atoms in total. The Morgan fingerprint density at radius 3 is 2.84 bits per heavy atom. The van der Waals surface area contributed by atoms with Crippen LogP contribution in [0.3, 0.4) is 0 Å². The second-order valence-electron chi connectivity index (χ2n) is 4.21. The van der Waals surface area contributed by atoms with Crippen molar-refractivity contribution >= 4 is 33.1 Å². The molecule has 2 N–H and O–H groups in total. The molecule has 0 saturated heterocycles. The summed E-state index contributed by atoms with van der Waals surface area (Å²) >= 11 is 5.15. The van der Waals surface area contributed by atoms with E-state index in [1.807, 2.05) is 42.6 Å². The molecule has 0 spiro atoms. The van der Waals surface area contributed by atoms with Gasteiger partial charge >= 0.3 is 0 Å². The summed E-state index contributed by atoms with van der Waals surface area (Å²) in [5.41, 5.74) is 8.93. The minimum Gasteiger partial charge on any atom is -0.380 e. The van der Waals surface area contributed by atoms with E-state index in [0.717, 1.165) is 20.5 Å². The summed E-state index contributed by atoms with van der Waals surface area (Å²) in [6.45, 7) is 2.04. The van der Waals surface area contributed by atoms with E-state index in [9.17, 15) is 0 Å². The Morgan fingerprint density at radius 1 is 1.32 bits per heavy atom. The van der Waals surface area contributed by atoms with Gasteiger partial charge in [-0.2, -0.15) is 0 Å². The van der Waals surface area contributed by atoms with Crippen LogP contribution in [0.25, 0.3) is 21.8 Å². The van der Waals surface area contributed by atoms with Gasteiger partial charge in [0.25, 0.3) is 0 Å². The number of benzene rings is 1. The summed E-state index contributed by atoms with van der Waals surface area (Å²) in [6, 6.07) is 10.1. The first-order chi connectivity index (χ1) is 9.16. The maximum absolute atomic E-state index is 5.93. The molecule has 0 fully saturated rings. The molecule has 3 rings (SSSR count). The van der Waals surface area contributed by atoms with Crippen molar-refractivity contribution in [1.82, 2.24) is 5.16 Å². The van der Waals surface area contributed by atoms with E-state index in [4.69, 9.17) is 10.3 Å². The van der Waals surface area contributed by atoms with E-state index in [1.54, 1.807) is 11.3 Å². The summed E-state index contributed by atoms with van der Waals surface area (Å²) in [7, 11) is 0. The van der Waals surface area contributed by atoms with Crippen molar-refractivity contribution in [3.8, 4) is 21.8 Å². The highest BCUT2D eigenvalue weighted by atomic mass is 79.9. The summed E-state index contributed by atoms with van der Waals surface area (Å²) in [6.07, 6.45) is 0. The minimum atomic E-state index is 0.425. The number of hydrogen-bond donors (Lipinski definition) is 1. The lowest BCUT2D eigenvalue weighted by atomic mass is 10.1. The molecule has 0 radical (unpaired) electrons. The number of aromatic nitrogens is 1. The highest BCUT2D eigenvalue weighted by Gasteiger charge is 2.18. The van der Waals surface area contributed by atoms with Crippen LogP contribution in [0.5, 0.6) is 0 Å². The average Bonchev–Trinajstić information content (AvgIpc) is 3.01. The maximum Gasteiger partial charge on any atom is 0.177 e. The van der Waals surface area contributed by atoms with Gasteiger partial charge in [0, 0.05) is 14.9 Å². The molecular formula is C14H11BrN2OS. The largest absolute Gasteiger partial charge is 0.380 e. The standard InChI is InChI=1S/C14H11BrN2OS/c1-8-4-5-9(7-10(8)15)13-12(14(16)17-18-13)11-3-2-6-19-11/h2-7H,1H3,(H2,16,17). The van der Waals surface area contributed by atoms with Crippen molar-refractivity contribution in [3.05, 3.63) is 45.7 Å². The maximum atomic E-state index is 5.93. The SMILES string of the molecule is Cc1ccc(-c2onc(N)c2-c2cccs2)cc1Br. The Balaban J connectivity index is 2.18. The van der Waals surface area contributed by atoms with Crippen molar-refractivity contribution in [2.24, 2.45) is 0 Å². The van der Waals surface area contributed by atoms with E-state index in [0.29, 0.717) is 11.6 Å². The number of thiophene rings is 1. The molecule has 2 aromatic heterocycles. The third kappa shape index (κ3) is 2.19.